The number of ketones is 1. The molecule has 0 amide bonds. The predicted molar refractivity (Wildman–Crippen MR) is 84.1 cm³/mol. The van der Waals surface area contributed by atoms with E-state index in [4.69, 9.17) is 0 Å². The Bertz CT molecular complexity index is 394. The molecule has 0 heterocycles. The van der Waals surface area contributed by atoms with Crippen LogP contribution in [0.4, 0.5) is 0 Å². The fraction of sp³-hybridized carbons (Fsp3) is 0.733. The molecule has 0 atom stereocenters. The molecule has 0 radical (unpaired) electrons. The van der Waals surface area contributed by atoms with E-state index < -0.39 is 8.07 Å². The summed E-state index contributed by atoms with van der Waals surface area (Å²) in [5, 5.41) is 0.433. The lowest BCUT2D eigenvalue weighted by Crippen LogP contribution is -2.56. The van der Waals surface area contributed by atoms with Crippen LogP contribution in [0.5, 0.6) is 0 Å². The lowest BCUT2D eigenvalue weighted by Gasteiger charge is -2.37. The van der Waals surface area contributed by atoms with Gasteiger partial charge in [0.15, 0.2) is 0 Å². The van der Waals surface area contributed by atoms with Gasteiger partial charge in [-0.2, -0.15) is 4.79 Å². The molecule has 0 saturated carbocycles. The maximum absolute atomic E-state index is 12.5. The molecule has 0 aromatic heterocycles. The van der Waals surface area contributed by atoms with E-state index >= 15 is 0 Å². The number of carbonyl (C=O) groups excluding carboxylic acids is 1. The van der Waals surface area contributed by atoms with Crippen molar-refractivity contribution in [1.29, 1.82) is 0 Å². The second-order valence-electron chi connectivity index (χ2n) is 6.15. The Kier molecular flexibility index (Phi) is 6.60. The van der Waals surface area contributed by atoms with Gasteiger partial charge in [-0.05, 0) is 36.0 Å². The zero-order valence-corrected chi connectivity index (χ0v) is 14.6. The summed E-state index contributed by atoms with van der Waals surface area (Å²) in [4.78, 5) is 16.0. The minimum Gasteiger partial charge on any atom is -0.362 e. The molecule has 0 spiro atoms. The standard InChI is InChI=1S/C15H28N2OSi/c1-9-13(8)14(18)15(17-16)19(10(2)3,11(4)5)12(6)7/h9-12H,1-8H3/b13-9+. The molecule has 0 saturated heterocycles. The van der Waals surface area contributed by atoms with Crippen LogP contribution in [0.1, 0.15) is 55.4 Å². The summed E-state index contributed by atoms with van der Waals surface area (Å²) in [6, 6.07) is 0. The van der Waals surface area contributed by atoms with Gasteiger partial charge in [-0.25, -0.2) is 0 Å². The Morgan fingerprint density at radius 2 is 1.42 bits per heavy atom. The molecule has 0 unspecified atom stereocenters. The number of nitrogens with zero attached hydrogens (tertiary/aromatic N) is 2. The van der Waals surface area contributed by atoms with E-state index in [1.165, 1.54) is 0 Å². The first-order valence-electron chi connectivity index (χ1n) is 7.07. The van der Waals surface area contributed by atoms with Gasteiger partial charge in [0.25, 0.3) is 5.78 Å². The Balaban J connectivity index is 6.14. The SMILES string of the molecule is C/C=C(\C)C(=O)C(=[N+]=[N-])[Si](C(C)C)(C(C)C)C(C)C. The van der Waals surface area contributed by atoms with Crippen LogP contribution in [-0.4, -0.2) is 24.0 Å². The number of hydrogen-bond acceptors (Lipinski definition) is 1. The third-order valence-corrected chi connectivity index (χ3v) is 11.3. The van der Waals surface area contributed by atoms with E-state index in [2.05, 4.69) is 46.3 Å². The van der Waals surface area contributed by atoms with Crippen molar-refractivity contribution < 1.29 is 9.58 Å². The minimum absolute atomic E-state index is 0.0900. The molecule has 19 heavy (non-hydrogen) atoms. The van der Waals surface area contributed by atoms with Crippen LogP contribution < -0.4 is 0 Å². The second kappa shape index (κ2) is 6.97. The monoisotopic (exact) mass is 280 g/mol. The second-order valence-corrected chi connectivity index (χ2v) is 12.0. The van der Waals surface area contributed by atoms with Crippen molar-refractivity contribution in [2.45, 2.75) is 72.0 Å². The average molecular weight is 280 g/mol. The van der Waals surface area contributed by atoms with E-state index in [1.54, 1.807) is 13.0 Å². The smallest absolute Gasteiger partial charge is 0.305 e. The highest BCUT2D eigenvalue weighted by atomic mass is 28.3. The Hall–Kier alpha value is -0.993. The maximum Gasteiger partial charge on any atom is 0.305 e. The molecule has 0 bridgehead atoms. The summed E-state index contributed by atoms with van der Waals surface area (Å²) < 4.78 is 0. The van der Waals surface area contributed by atoms with Crippen LogP contribution >= 0.6 is 0 Å². The van der Waals surface area contributed by atoms with E-state index in [1.807, 2.05) is 6.92 Å². The van der Waals surface area contributed by atoms with E-state index in [9.17, 15) is 10.3 Å². The van der Waals surface area contributed by atoms with E-state index in [-0.39, 0.29) is 5.78 Å². The number of carbonyl (C=O) groups is 1. The number of rotatable bonds is 6. The molecule has 0 aliphatic carbocycles. The Morgan fingerprint density at radius 1 is 1.05 bits per heavy atom. The fourth-order valence-electron chi connectivity index (χ4n) is 3.47. The van der Waals surface area contributed by atoms with Gasteiger partial charge in [-0.1, -0.05) is 47.6 Å². The third kappa shape index (κ3) is 3.13. The van der Waals surface area contributed by atoms with Crippen molar-refractivity contribution in [2.24, 2.45) is 0 Å². The summed E-state index contributed by atoms with van der Waals surface area (Å²) >= 11 is 0. The molecule has 0 aliphatic heterocycles. The van der Waals surface area contributed by atoms with Gasteiger partial charge in [0.05, 0.1) is 0 Å². The molecule has 0 aliphatic rings. The molecule has 3 nitrogen and oxygen atoms in total. The summed E-state index contributed by atoms with van der Waals surface area (Å²) in [6.45, 7) is 16.5. The molecule has 4 heteroatoms. The fourth-order valence-corrected chi connectivity index (χ4v) is 9.87. The lowest BCUT2D eigenvalue weighted by molar-refractivity contribution is -0.113. The van der Waals surface area contributed by atoms with Gasteiger partial charge in [0.2, 0.25) is 8.07 Å². The van der Waals surface area contributed by atoms with Crippen molar-refractivity contribution >= 4 is 19.2 Å². The van der Waals surface area contributed by atoms with Crippen molar-refractivity contribution in [2.75, 3.05) is 0 Å². The van der Waals surface area contributed by atoms with Crippen molar-refractivity contribution in [1.82, 2.24) is 0 Å². The van der Waals surface area contributed by atoms with Crippen molar-refractivity contribution in [3.05, 3.63) is 17.2 Å². The molecule has 0 N–H and O–H groups in total. The summed E-state index contributed by atoms with van der Waals surface area (Å²) in [7, 11) is -2.19. The van der Waals surface area contributed by atoms with E-state index in [0.717, 1.165) is 0 Å². The minimum atomic E-state index is -2.19. The molecule has 0 aromatic rings. The number of hydrogen-bond donors (Lipinski definition) is 0. The Morgan fingerprint density at radius 3 is 1.63 bits per heavy atom. The van der Waals surface area contributed by atoms with Gasteiger partial charge >= 0.3 is 5.33 Å². The highest BCUT2D eigenvalue weighted by Gasteiger charge is 2.56. The highest BCUT2D eigenvalue weighted by Crippen LogP contribution is 2.42. The molecule has 108 valence electrons. The number of Topliss-reactive ketones (excluding diaryl/α,β-unsaturated/α-hetero) is 1. The lowest BCUT2D eigenvalue weighted by atomic mass is 10.2. The highest BCUT2D eigenvalue weighted by molar-refractivity contribution is 7.16. The summed E-state index contributed by atoms with van der Waals surface area (Å²) in [5.74, 6) is -0.0900. The zero-order valence-electron chi connectivity index (χ0n) is 13.6. The predicted octanol–water partition coefficient (Wildman–Crippen LogP) is 4.41. The first kappa shape index (κ1) is 18.0. The zero-order chi connectivity index (χ0) is 15.4. The van der Waals surface area contributed by atoms with Gasteiger partial charge < -0.3 is 5.53 Å². The van der Waals surface area contributed by atoms with Crippen molar-refractivity contribution in [3.63, 3.8) is 0 Å². The molecule has 0 fully saturated rings. The van der Waals surface area contributed by atoms with Gasteiger partial charge in [-0.15, -0.1) is 0 Å². The van der Waals surface area contributed by atoms with Gasteiger partial charge in [0.1, 0.15) is 0 Å². The van der Waals surface area contributed by atoms with Gasteiger partial charge in [-0.3, -0.25) is 4.79 Å². The number of allylic oxidation sites excluding steroid dienone is 2. The topological polar surface area (TPSA) is 53.5 Å². The van der Waals surface area contributed by atoms with Gasteiger partial charge in [0, 0.05) is 0 Å². The van der Waals surface area contributed by atoms with Crippen LogP contribution in [0.3, 0.4) is 0 Å². The normalized spacial score (nSPS) is 13.1. The third-order valence-electron chi connectivity index (χ3n) is 4.38. The van der Waals surface area contributed by atoms with Crippen molar-refractivity contribution in [3.8, 4) is 0 Å². The first-order valence-corrected chi connectivity index (χ1v) is 9.31. The van der Waals surface area contributed by atoms with Crippen LogP contribution in [0.25, 0.3) is 5.53 Å². The summed E-state index contributed by atoms with van der Waals surface area (Å²) in [5.41, 5.74) is 11.2. The average Bonchev–Trinajstić information content (AvgIpc) is 2.32. The molecule has 0 aromatic carbocycles. The van der Waals surface area contributed by atoms with E-state index in [0.29, 0.717) is 27.5 Å². The largest absolute Gasteiger partial charge is 0.362 e. The molecular weight excluding hydrogens is 252 g/mol. The summed E-state index contributed by atoms with van der Waals surface area (Å²) in [6.07, 6.45) is 1.79. The quantitative estimate of drug-likeness (QED) is 0.234. The van der Waals surface area contributed by atoms with Crippen LogP contribution in [0, 0.1) is 0 Å². The Labute approximate surface area is 118 Å². The molecule has 0 rings (SSSR count). The van der Waals surface area contributed by atoms with Crippen LogP contribution in [0.15, 0.2) is 11.6 Å². The van der Waals surface area contributed by atoms with Crippen LogP contribution in [0.2, 0.25) is 16.6 Å². The molecular formula is C15H28N2OSi. The maximum atomic E-state index is 12.5. The first-order chi connectivity index (χ1) is 8.67. The van der Waals surface area contributed by atoms with Crippen LogP contribution in [-0.2, 0) is 4.79 Å².